The third-order valence-corrected chi connectivity index (χ3v) is 2.44. The van der Waals surface area contributed by atoms with Crippen LogP contribution in [0.4, 0.5) is 0 Å². The first-order valence-corrected chi connectivity index (χ1v) is 4.85. The van der Waals surface area contributed by atoms with Gasteiger partial charge in [-0.2, -0.15) is 0 Å². The Morgan fingerprint density at radius 3 is 2.40 bits per heavy atom. The maximum atomic E-state index is 10.6. The summed E-state index contributed by atoms with van der Waals surface area (Å²) in [6.45, 7) is 2.04. The topological polar surface area (TPSA) is 17.1 Å². The highest BCUT2D eigenvalue weighted by atomic mass is 16.1. The van der Waals surface area contributed by atoms with Crippen LogP contribution in [0, 0.1) is 6.92 Å². The molecule has 0 aromatic heterocycles. The zero-order valence-corrected chi connectivity index (χ0v) is 8.53. The third-order valence-electron chi connectivity index (χ3n) is 2.44. The van der Waals surface area contributed by atoms with Crippen molar-refractivity contribution in [2.24, 2.45) is 0 Å². The molecular weight excluding hydrogens is 184 g/mol. The van der Waals surface area contributed by atoms with E-state index in [1.165, 1.54) is 5.56 Å². The van der Waals surface area contributed by atoms with Crippen LogP contribution in [-0.2, 0) is 4.79 Å². The van der Waals surface area contributed by atoms with E-state index >= 15 is 0 Å². The fourth-order valence-electron chi connectivity index (χ4n) is 1.61. The van der Waals surface area contributed by atoms with Crippen LogP contribution >= 0.6 is 0 Å². The van der Waals surface area contributed by atoms with E-state index in [1.807, 2.05) is 55.7 Å². The van der Waals surface area contributed by atoms with Gasteiger partial charge in [0.2, 0.25) is 6.29 Å². The molecule has 73 valence electrons. The maximum Gasteiger partial charge on any atom is 0.233 e. The summed E-state index contributed by atoms with van der Waals surface area (Å²) in [5.74, 6) is 0. The van der Waals surface area contributed by atoms with Crippen molar-refractivity contribution in [3.63, 3.8) is 0 Å². The summed E-state index contributed by atoms with van der Waals surface area (Å²) in [6, 6.07) is 15.6. The average molecular weight is 195 g/mol. The minimum atomic E-state index is 0.597. The lowest BCUT2D eigenvalue weighted by Crippen LogP contribution is -1.86. The Hall–Kier alpha value is -1.89. The molecule has 0 unspecified atom stereocenters. The molecule has 0 saturated carbocycles. The first-order valence-electron chi connectivity index (χ1n) is 4.85. The van der Waals surface area contributed by atoms with Gasteiger partial charge in [-0.15, -0.1) is 0 Å². The zero-order valence-electron chi connectivity index (χ0n) is 8.53. The van der Waals surface area contributed by atoms with Crippen molar-refractivity contribution in [1.82, 2.24) is 0 Å². The highest BCUT2D eigenvalue weighted by Crippen LogP contribution is 2.23. The van der Waals surface area contributed by atoms with Gasteiger partial charge < -0.3 is 0 Å². The highest BCUT2D eigenvalue weighted by Gasteiger charge is 2.02. The van der Waals surface area contributed by atoms with Gasteiger partial charge in [0.05, 0.1) is 0 Å². The van der Waals surface area contributed by atoms with Crippen molar-refractivity contribution < 1.29 is 4.79 Å². The number of hydrogen-bond acceptors (Lipinski definition) is 1. The predicted molar refractivity (Wildman–Crippen MR) is 61.4 cm³/mol. The second-order valence-electron chi connectivity index (χ2n) is 3.50. The summed E-state index contributed by atoms with van der Waals surface area (Å²) >= 11 is 0. The van der Waals surface area contributed by atoms with E-state index in [2.05, 4.69) is 0 Å². The highest BCUT2D eigenvalue weighted by molar-refractivity contribution is 5.80. The number of rotatable bonds is 2. The Kier molecular flexibility index (Phi) is 2.64. The number of benzene rings is 2. The molecule has 2 rings (SSSR count). The van der Waals surface area contributed by atoms with Gasteiger partial charge in [-0.1, -0.05) is 42.5 Å². The third kappa shape index (κ3) is 1.96. The van der Waals surface area contributed by atoms with E-state index in [0.29, 0.717) is 5.56 Å². The lowest BCUT2D eigenvalue weighted by Gasteiger charge is -2.06. The number of aryl methyl sites for hydroxylation is 1. The quantitative estimate of drug-likeness (QED) is 0.719. The second kappa shape index (κ2) is 4.09. The number of hydrogen-bond donors (Lipinski definition) is 0. The minimum Gasteiger partial charge on any atom is -0.285 e. The summed E-state index contributed by atoms with van der Waals surface area (Å²) in [6.07, 6.45) is 1.91. The monoisotopic (exact) mass is 195 g/mol. The van der Waals surface area contributed by atoms with Gasteiger partial charge in [0.15, 0.2) is 0 Å². The van der Waals surface area contributed by atoms with Crippen molar-refractivity contribution in [3.8, 4) is 11.1 Å². The van der Waals surface area contributed by atoms with Crippen LogP contribution in [0.25, 0.3) is 11.1 Å². The molecule has 1 heteroatoms. The Balaban J connectivity index is 2.57. The molecule has 15 heavy (non-hydrogen) atoms. The van der Waals surface area contributed by atoms with Gasteiger partial charge in [0.1, 0.15) is 0 Å². The summed E-state index contributed by atoms with van der Waals surface area (Å²) in [5.41, 5.74) is 3.99. The van der Waals surface area contributed by atoms with E-state index in [4.69, 9.17) is 0 Å². The fourth-order valence-corrected chi connectivity index (χ4v) is 1.61. The smallest absolute Gasteiger partial charge is 0.233 e. The van der Waals surface area contributed by atoms with Crippen LogP contribution in [0.15, 0.2) is 48.5 Å². The molecule has 0 amide bonds. The lowest BCUT2D eigenvalue weighted by molar-refractivity contribution is 0.563. The molecule has 0 bridgehead atoms. The molecule has 2 aromatic rings. The van der Waals surface area contributed by atoms with Gasteiger partial charge in [0.25, 0.3) is 0 Å². The summed E-state index contributed by atoms with van der Waals surface area (Å²) < 4.78 is 0. The molecule has 1 radical (unpaired) electrons. The van der Waals surface area contributed by atoms with Crippen molar-refractivity contribution in [1.29, 1.82) is 0 Å². The van der Waals surface area contributed by atoms with Crippen LogP contribution in [0.1, 0.15) is 11.1 Å². The molecule has 0 atom stereocenters. The standard InChI is InChI=1S/C14H11O/c1-11-7-8-12(10-15)9-14(11)13-5-3-2-4-6-13/h2-9H,1H3. The van der Waals surface area contributed by atoms with Gasteiger partial charge in [-0.3, -0.25) is 4.79 Å². The summed E-state index contributed by atoms with van der Waals surface area (Å²) in [7, 11) is 0. The van der Waals surface area contributed by atoms with Crippen LogP contribution < -0.4 is 0 Å². The van der Waals surface area contributed by atoms with E-state index in [9.17, 15) is 4.79 Å². The zero-order chi connectivity index (χ0) is 10.7. The van der Waals surface area contributed by atoms with Gasteiger partial charge in [-0.25, -0.2) is 0 Å². The fraction of sp³-hybridized carbons (Fsp3) is 0.0714. The van der Waals surface area contributed by atoms with E-state index in [1.54, 1.807) is 6.07 Å². The Labute approximate surface area is 89.4 Å². The first-order chi connectivity index (χ1) is 7.31. The van der Waals surface area contributed by atoms with Crippen LogP contribution in [0.5, 0.6) is 0 Å². The van der Waals surface area contributed by atoms with Crippen LogP contribution in [0.2, 0.25) is 0 Å². The molecule has 0 aliphatic carbocycles. The van der Waals surface area contributed by atoms with Gasteiger partial charge in [-0.05, 0) is 29.7 Å². The summed E-state index contributed by atoms with van der Waals surface area (Å²) in [4.78, 5) is 10.6. The second-order valence-corrected chi connectivity index (χ2v) is 3.50. The van der Waals surface area contributed by atoms with Crippen LogP contribution in [0.3, 0.4) is 0 Å². The normalized spacial score (nSPS) is 9.93. The molecule has 0 aliphatic rings. The summed E-state index contributed by atoms with van der Waals surface area (Å²) in [5, 5.41) is 0. The average Bonchev–Trinajstić information content (AvgIpc) is 2.31. The molecular formula is C14H11O. The van der Waals surface area contributed by atoms with Crippen molar-refractivity contribution in [3.05, 3.63) is 59.7 Å². The van der Waals surface area contributed by atoms with Gasteiger partial charge in [0, 0.05) is 5.56 Å². The van der Waals surface area contributed by atoms with Crippen molar-refractivity contribution >= 4 is 6.29 Å². The maximum absolute atomic E-state index is 10.6. The lowest BCUT2D eigenvalue weighted by atomic mass is 9.99. The largest absolute Gasteiger partial charge is 0.285 e. The van der Waals surface area contributed by atoms with E-state index in [0.717, 1.165) is 11.1 Å². The van der Waals surface area contributed by atoms with E-state index in [-0.39, 0.29) is 0 Å². The Bertz CT molecular complexity index is 472. The molecule has 0 heterocycles. The molecule has 0 N–H and O–H groups in total. The molecule has 0 saturated heterocycles. The van der Waals surface area contributed by atoms with Crippen molar-refractivity contribution in [2.75, 3.05) is 0 Å². The molecule has 0 fully saturated rings. The van der Waals surface area contributed by atoms with Gasteiger partial charge >= 0.3 is 0 Å². The minimum absolute atomic E-state index is 0.597. The van der Waals surface area contributed by atoms with Crippen molar-refractivity contribution in [2.45, 2.75) is 6.92 Å². The number of carbonyl (C=O) groups excluding carboxylic acids is 1. The molecule has 2 aromatic carbocycles. The SMILES string of the molecule is Cc1ccc([C]=O)cc1-c1ccccc1. The molecule has 1 nitrogen and oxygen atoms in total. The van der Waals surface area contributed by atoms with Crippen LogP contribution in [-0.4, -0.2) is 6.29 Å². The first kappa shape index (κ1) is 9.66. The molecule has 0 spiro atoms. The predicted octanol–water partition coefficient (Wildman–Crippen LogP) is 3.12. The Morgan fingerprint density at radius 1 is 1.00 bits per heavy atom. The molecule has 0 aliphatic heterocycles. The Morgan fingerprint density at radius 2 is 1.73 bits per heavy atom. The van der Waals surface area contributed by atoms with E-state index < -0.39 is 0 Å².